The zero-order valence-corrected chi connectivity index (χ0v) is 9.31. The number of ether oxygens (including phenoxy) is 1. The molecule has 0 bridgehead atoms. The van der Waals surface area contributed by atoms with Crippen molar-refractivity contribution < 1.29 is 26.7 Å². The van der Waals surface area contributed by atoms with E-state index in [-0.39, 0.29) is 18.8 Å². The van der Waals surface area contributed by atoms with Crippen LogP contribution in [0.3, 0.4) is 0 Å². The zero-order chi connectivity index (χ0) is 13.6. The van der Waals surface area contributed by atoms with Gasteiger partial charge in [0.05, 0.1) is 6.42 Å². The van der Waals surface area contributed by atoms with E-state index in [2.05, 4.69) is 10.1 Å². The van der Waals surface area contributed by atoms with Crippen molar-refractivity contribution in [1.29, 1.82) is 0 Å². The normalized spacial score (nSPS) is 11.9. The van der Waals surface area contributed by atoms with Crippen LogP contribution in [0.5, 0.6) is 5.75 Å². The van der Waals surface area contributed by atoms with Gasteiger partial charge in [-0.25, -0.2) is 0 Å². The quantitative estimate of drug-likeness (QED) is 0.631. The Kier molecular flexibility index (Phi) is 5.33. The number of halogens is 5. The maximum Gasteiger partial charge on any atom is 0.390 e. The number of hydrogen-bond acceptors (Lipinski definition) is 2. The fraction of sp³-hybridized carbons (Fsp3) is 0.455. The molecule has 2 nitrogen and oxygen atoms in total. The van der Waals surface area contributed by atoms with Crippen LogP contribution in [0.15, 0.2) is 24.3 Å². The molecule has 0 saturated carbocycles. The second-order valence-electron chi connectivity index (χ2n) is 3.56. The van der Waals surface area contributed by atoms with Crippen LogP contribution in [0.2, 0.25) is 0 Å². The van der Waals surface area contributed by atoms with Crippen LogP contribution in [0.4, 0.5) is 22.0 Å². The highest BCUT2D eigenvalue weighted by atomic mass is 19.4. The average Bonchev–Trinajstić information content (AvgIpc) is 2.24. The first-order chi connectivity index (χ1) is 8.37. The van der Waals surface area contributed by atoms with Gasteiger partial charge in [-0.15, -0.1) is 0 Å². The predicted molar refractivity (Wildman–Crippen MR) is 55.5 cm³/mol. The van der Waals surface area contributed by atoms with E-state index in [0.29, 0.717) is 5.56 Å². The van der Waals surface area contributed by atoms with E-state index in [4.69, 9.17) is 0 Å². The van der Waals surface area contributed by atoms with Crippen LogP contribution in [0.25, 0.3) is 0 Å². The summed E-state index contributed by atoms with van der Waals surface area (Å²) in [6, 6.07) is 5.70. The van der Waals surface area contributed by atoms with Gasteiger partial charge in [-0.1, -0.05) is 12.1 Å². The molecule has 1 aromatic carbocycles. The standard InChI is InChI=1S/C11H12F5NO/c12-10(13)18-9-3-1-8(2-4-9)7-17-6-5-11(14,15)16/h1-4,10,17H,5-7H2. The highest BCUT2D eigenvalue weighted by Crippen LogP contribution is 2.18. The van der Waals surface area contributed by atoms with Crippen molar-refractivity contribution in [3.05, 3.63) is 29.8 Å². The largest absolute Gasteiger partial charge is 0.435 e. The Morgan fingerprint density at radius 3 is 2.22 bits per heavy atom. The first-order valence-corrected chi connectivity index (χ1v) is 5.18. The fourth-order valence-corrected chi connectivity index (χ4v) is 1.25. The van der Waals surface area contributed by atoms with Gasteiger partial charge in [-0.2, -0.15) is 22.0 Å². The van der Waals surface area contributed by atoms with E-state index in [1.807, 2.05) is 0 Å². The number of rotatable bonds is 6. The highest BCUT2D eigenvalue weighted by molar-refractivity contribution is 5.27. The van der Waals surface area contributed by atoms with Crippen molar-refractivity contribution >= 4 is 0 Å². The molecular formula is C11H12F5NO. The van der Waals surface area contributed by atoms with E-state index in [0.717, 1.165) is 0 Å². The second-order valence-corrected chi connectivity index (χ2v) is 3.56. The molecule has 0 heterocycles. The van der Waals surface area contributed by atoms with Crippen molar-refractivity contribution in [3.8, 4) is 5.75 Å². The Hall–Kier alpha value is -1.37. The first kappa shape index (κ1) is 14.7. The summed E-state index contributed by atoms with van der Waals surface area (Å²) in [5, 5.41) is 2.61. The van der Waals surface area contributed by atoms with Crippen molar-refractivity contribution in [2.45, 2.75) is 25.8 Å². The van der Waals surface area contributed by atoms with Crippen LogP contribution < -0.4 is 10.1 Å². The summed E-state index contributed by atoms with van der Waals surface area (Å²) in [6.07, 6.45) is -5.08. The van der Waals surface area contributed by atoms with Crippen molar-refractivity contribution in [3.63, 3.8) is 0 Å². The van der Waals surface area contributed by atoms with Crippen molar-refractivity contribution in [1.82, 2.24) is 5.32 Å². The molecule has 0 amide bonds. The SMILES string of the molecule is FC(F)Oc1ccc(CNCCC(F)(F)F)cc1. The summed E-state index contributed by atoms with van der Waals surface area (Å²) in [7, 11) is 0. The summed E-state index contributed by atoms with van der Waals surface area (Å²) in [4.78, 5) is 0. The third-order valence-electron chi connectivity index (χ3n) is 2.06. The van der Waals surface area contributed by atoms with Gasteiger partial charge in [-0.05, 0) is 17.7 Å². The van der Waals surface area contributed by atoms with Crippen LogP contribution in [0, 0.1) is 0 Å². The third kappa shape index (κ3) is 6.39. The van der Waals surface area contributed by atoms with Crippen LogP contribution >= 0.6 is 0 Å². The maximum absolute atomic E-state index is 11.8. The summed E-state index contributed by atoms with van der Waals surface area (Å²) in [6.45, 7) is -2.83. The van der Waals surface area contributed by atoms with E-state index in [1.165, 1.54) is 24.3 Å². The first-order valence-electron chi connectivity index (χ1n) is 5.18. The van der Waals surface area contributed by atoms with Gasteiger partial charge in [0, 0.05) is 13.1 Å². The molecular weight excluding hydrogens is 257 g/mol. The molecule has 7 heteroatoms. The van der Waals surface area contributed by atoms with E-state index in [9.17, 15) is 22.0 Å². The Morgan fingerprint density at radius 2 is 1.72 bits per heavy atom. The lowest BCUT2D eigenvalue weighted by Crippen LogP contribution is -2.21. The van der Waals surface area contributed by atoms with Gasteiger partial charge in [0.15, 0.2) is 0 Å². The molecule has 0 aliphatic rings. The number of alkyl halides is 5. The van der Waals surface area contributed by atoms with Crippen molar-refractivity contribution in [2.75, 3.05) is 6.54 Å². The summed E-state index contributed by atoms with van der Waals surface area (Å²) in [5.41, 5.74) is 0.693. The molecule has 102 valence electrons. The lowest BCUT2D eigenvalue weighted by Gasteiger charge is -2.08. The molecule has 0 fully saturated rings. The zero-order valence-electron chi connectivity index (χ0n) is 9.31. The minimum Gasteiger partial charge on any atom is -0.435 e. The topological polar surface area (TPSA) is 21.3 Å². The Bertz CT molecular complexity index is 349. The van der Waals surface area contributed by atoms with Gasteiger partial charge in [-0.3, -0.25) is 0 Å². The van der Waals surface area contributed by atoms with Gasteiger partial charge in [0.25, 0.3) is 0 Å². The monoisotopic (exact) mass is 269 g/mol. The van der Waals surface area contributed by atoms with E-state index < -0.39 is 19.2 Å². The highest BCUT2D eigenvalue weighted by Gasteiger charge is 2.25. The van der Waals surface area contributed by atoms with Gasteiger partial charge in [0.2, 0.25) is 0 Å². The van der Waals surface area contributed by atoms with Gasteiger partial charge in [0.1, 0.15) is 5.75 Å². The molecule has 0 saturated heterocycles. The molecule has 1 rings (SSSR count). The lowest BCUT2D eigenvalue weighted by molar-refractivity contribution is -0.133. The minimum absolute atomic E-state index is 0.0176. The summed E-state index contributed by atoms with van der Waals surface area (Å²) < 4.78 is 63.3. The lowest BCUT2D eigenvalue weighted by atomic mass is 10.2. The van der Waals surface area contributed by atoms with Crippen LogP contribution in [-0.2, 0) is 6.54 Å². The molecule has 1 N–H and O–H groups in total. The molecule has 0 spiro atoms. The molecule has 0 aliphatic carbocycles. The van der Waals surface area contributed by atoms with Crippen LogP contribution in [0.1, 0.15) is 12.0 Å². The molecule has 1 aromatic rings. The maximum atomic E-state index is 11.8. The molecule has 0 radical (unpaired) electrons. The van der Waals surface area contributed by atoms with Gasteiger partial charge < -0.3 is 10.1 Å². The fourth-order valence-electron chi connectivity index (χ4n) is 1.25. The van der Waals surface area contributed by atoms with Crippen LogP contribution in [-0.4, -0.2) is 19.3 Å². The average molecular weight is 269 g/mol. The Balaban J connectivity index is 2.31. The second kappa shape index (κ2) is 6.53. The summed E-state index contributed by atoms with van der Waals surface area (Å²) >= 11 is 0. The molecule has 18 heavy (non-hydrogen) atoms. The Morgan fingerprint density at radius 1 is 1.11 bits per heavy atom. The minimum atomic E-state index is -4.18. The van der Waals surface area contributed by atoms with E-state index >= 15 is 0 Å². The predicted octanol–water partition coefficient (Wildman–Crippen LogP) is 3.33. The van der Waals surface area contributed by atoms with Gasteiger partial charge >= 0.3 is 12.8 Å². The van der Waals surface area contributed by atoms with E-state index in [1.54, 1.807) is 0 Å². The molecule has 0 atom stereocenters. The Labute approximate surface area is 101 Å². The number of benzene rings is 1. The molecule has 0 unspecified atom stereocenters. The summed E-state index contributed by atoms with van der Waals surface area (Å²) in [5.74, 6) is 0.0176. The molecule has 0 aliphatic heterocycles. The number of hydrogen-bond donors (Lipinski definition) is 1. The molecule has 0 aromatic heterocycles. The smallest absolute Gasteiger partial charge is 0.390 e. The van der Waals surface area contributed by atoms with Crippen molar-refractivity contribution in [2.24, 2.45) is 0 Å². The number of nitrogens with one attached hydrogen (secondary N) is 1. The third-order valence-corrected chi connectivity index (χ3v) is 2.06.